The van der Waals surface area contributed by atoms with E-state index in [1.807, 2.05) is 0 Å². The van der Waals surface area contributed by atoms with E-state index in [0.29, 0.717) is 15.6 Å². The minimum atomic E-state index is -0.498. The fraction of sp³-hybridized carbons (Fsp3) is 0.200. The van der Waals surface area contributed by atoms with E-state index in [2.05, 4.69) is 21.0 Å². The van der Waals surface area contributed by atoms with Gasteiger partial charge in [0.05, 0.1) is 13.7 Å². The third kappa shape index (κ3) is 2.44. The summed E-state index contributed by atoms with van der Waals surface area (Å²) in [7, 11) is 1.77. The number of thiophene rings is 1. The summed E-state index contributed by atoms with van der Waals surface area (Å²) in [6.07, 6.45) is 1.69. The molecular weight excluding hydrogens is 328 g/mol. The summed E-state index contributed by atoms with van der Waals surface area (Å²) in [5.74, 6) is -0.311. The van der Waals surface area contributed by atoms with Gasteiger partial charge in [0.25, 0.3) is 0 Å². The van der Waals surface area contributed by atoms with Crippen LogP contribution in [-0.2, 0) is 7.05 Å². The number of aryl methyl sites for hydroxylation is 1. The van der Waals surface area contributed by atoms with Crippen molar-refractivity contribution in [1.29, 1.82) is 0 Å². The van der Waals surface area contributed by atoms with Gasteiger partial charge in [0.15, 0.2) is 5.78 Å². The Bertz CT molecular complexity index is 579. The number of carbonyl (C=O) groups excluding carboxylic acids is 1. The quantitative estimate of drug-likeness (QED) is 0.878. The number of rotatable bonds is 3. The molecule has 0 atom stereocenters. The molecule has 17 heavy (non-hydrogen) atoms. The van der Waals surface area contributed by atoms with Crippen LogP contribution in [0.15, 0.2) is 16.0 Å². The molecule has 0 fully saturated rings. The van der Waals surface area contributed by atoms with Gasteiger partial charge in [0.1, 0.15) is 12.3 Å². The van der Waals surface area contributed by atoms with Gasteiger partial charge in [0.2, 0.25) is 0 Å². The van der Waals surface area contributed by atoms with E-state index in [9.17, 15) is 4.79 Å². The van der Waals surface area contributed by atoms with Crippen LogP contribution in [0.4, 0.5) is 0 Å². The second-order valence-corrected chi connectivity index (χ2v) is 6.16. The number of aromatic nitrogens is 2. The van der Waals surface area contributed by atoms with Crippen LogP contribution in [0.5, 0.6) is 0 Å². The number of hydrogen-bond donors (Lipinski definition) is 1. The van der Waals surface area contributed by atoms with E-state index in [1.54, 1.807) is 24.0 Å². The van der Waals surface area contributed by atoms with E-state index < -0.39 is 6.61 Å². The summed E-state index contributed by atoms with van der Waals surface area (Å²) in [5, 5.41) is 13.6. The van der Waals surface area contributed by atoms with Crippen LogP contribution < -0.4 is 0 Å². The number of hydrogen-bond acceptors (Lipinski definition) is 4. The van der Waals surface area contributed by atoms with Gasteiger partial charge >= 0.3 is 0 Å². The molecule has 2 aromatic rings. The molecule has 0 aliphatic carbocycles. The van der Waals surface area contributed by atoms with Gasteiger partial charge in [-0.2, -0.15) is 5.10 Å². The van der Waals surface area contributed by atoms with Crippen LogP contribution in [-0.4, -0.2) is 27.3 Å². The molecule has 0 spiro atoms. The van der Waals surface area contributed by atoms with Crippen LogP contribution in [0.2, 0.25) is 5.02 Å². The van der Waals surface area contributed by atoms with Gasteiger partial charge in [-0.3, -0.25) is 9.48 Å². The van der Waals surface area contributed by atoms with Crippen molar-refractivity contribution in [2.75, 3.05) is 6.61 Å². The highest BCUT2D eigenvalue weighted by Gasteiger charge is 2.17. The largest absolute Gasteiger partial charge is 0.388 e. The second kappa shape index (κ2) is 4.89. The molecule has 2 heterocycles. The number of halogens is 2. The van der Waals surface area contributed by atoms with Gasteiger partial charge in [-0.15, -0.1) is 11.3 Å². The maximum Gasteiger partial charge on any atom is 0.198 e. The Morgan fingerprint density at radius 3 is 2.94 bits per heavy atom. The molecule has 90 valence electrons. The molecule has 4 nitrogen and oxygen atoms in total. The molecule has 7 heteroatoms. The van der Waals surface area contributed by atoms with Gasteiger partial charge in [-0.1, -0.05) is 11.6 Å². The summed E-state index contributed by atoms with van der Waals surface area (Å²) < 4.78 is 2.38. The van der Waals surface area contributed by atoms with Crippen LogP contribution in [0.3, 0.4) is 0 Å². The Hall–Kier alpha value is -0.690. The molecule has 2 rings (SSSR count). The van der Waals surface area contributed by atoms with Crippen LogP contribution in [0.25, 0.3) is 11.3 Å². The molecule has 0 amide bonds. The lowest BCUT2D eigenvalue weighted by Crippen LogP contribution is -2.00. The van der Waals surface area contributed by atoms with Crippen molar-refractivity contribution in [3.8, 4) is 11.3 Å². The summed E-state index contributed by atoms with van der Waals surface area (Å²) in [6.45, 7) is -0.498. The first-order valence-corrected chi connectivity index (χ1v) is 6.64. The molecule has 0 radical (unpaired) electrons. The highest BCUT2D eigenvalue weighted by Crippen LogP contribution is 2.38. The fourth-order valence-corrected chi connectivity index (χ4v) is 3.31. The first kappa shape index (κ1) is 12.8. The summed E-state index contributed by atoms with van der Waals surface area (Å²) in [4.78, 5) is 11.9. The first-order valence-electron chi connectivity index (χ1n) is 4.66. The number of ketones is 1. The van der Waals surface area contributed by atoms with Gasteiger partial charge in [0, 0.05) is 18.8 Å². The van der Waals surface area contributed by atoms with Gasteiger partial charge in [-0.05, 0) is 22.0 Å². The molecular formula is C10H8BrClN2O2S. The Labute approximate surface area is 115 Å². The summed E-state index contributed by atoms with van der Waals surface area (Å²) in [6, 6.07) is 1.68. The van der Waals surface area contributed by atoms with Gasteiger partial charge < -0.3 is 5.11 Å². The molecule has 0 saturated heterocycles. The Kier molecular flexibility index (Phi) is 3.67. The smallest absolute Gasteiger partial charge is 0.198 e. The summed E-state index contributed by atoms with van der Waals surface area (Å²) >= 11 is 10.7. The van der Waals surface area contributed by atoms with E-state index in [1.165, 1.54) is 11.3 Å². The predicted molar refractivity (Wildman–Crippen MR) is 70.6 cm³/mol. The van der Waals surface area contributed by atoms with E-state index >= 15 is 0 Å². The number of Topliss-reactive ketones (excluding diaryl/α,β-unsaturated/α-hetero) is 1. The zero-order valence-electron chi connectivity index (χ0n) is 8.78. The molecule has 0 bridgehead atoms. The maximum absolute atomic E-state index is 11.4. The molecule has 2 aromatic heterocycles. The van der Waals surface area contributed by atoms with Crippen LogP contribution in [0.1, 0.15) is 9.67 Å². The number of nitrogens with zero attached hydrogens (tertiary/aromatic N) is 2. The van der Waals surface area contributed by atoms with Crippen molar-refractivity contribution >= 4 is 44.7 Å². The third-order valence-electron chi connectivity index (χ3n) is 2.14. The molecule has 0 aromatic carbocycles. The summed E-state index contributed by atoms with van der Waals surface area (Å²) in [5.41, 5.74) is 1.38. The molecule has 0 unspecified atom stereocenters. The fourth-order valence-electron chi connectivity index (χ4n) is 1.39. The highest BCUT2D eigenvalue weighted by atomic mass is 79.9. The number of carbonyl (C=O) groups is 1. The van der Waals surface area contributed by atoms with Gasteiger partial charge in [-0.25, -0.2) is 0 Å². The van der Waals surface area contributed by atoms with Crippen molar-refractivity contribution in [2.24, 2.45) is 7.05 Å². The zero-order chi connectivity index (χ0) is 12.6. The SMILES string of the molecule is Cn1cc(Cl)c(-c2cc(C(=O)CO)sc2Br)n1. The van der Waals surface area contributed by atoms with E-state index in [-0.39, 0.29) is 5.78 Å². The topological polar surface area (TPSA) is 55.1 Å². The minimum absolute atomic E-state index is 0.311. The van der Waals surface area contributed by atoms with E-state index in [0.717, 1.165) is 9.35 Å². The average molecular weight is 336 g/mol. The molecule has 0 aliphatic rings. The Balaban J connectivity index is 2.49. The standard InChI is InChI=1S/C10H8BrClN2O2S/c1-14-3-6(12)9(13-14)5-2-8(7(16)4-15)17-10(5)11/h2-3,15H,4H2,1H3. The van der Waals surface area contributed by atoms with Crippen LogP contribution in [0, 0.1) is 0 Å². The lowest BCUT2D eigenvalue weighted by molar-refractivity contribution is 0.0908. The van der Waals surface area contributed by atoms with Crippen molar-refractivity contribution < 1.29 is 9.90 Å². The number of aliphatic hydroxyl groups excluding tert-OH is 1. The molecule has 0 saturated carbocycles. The number of aliphatic hydroxyl groups is 1. The third-order valence-corrected chi connectivity index (χ3v) is 4.30. The highest BCUT2D eigenvalue weighted by molar-refractivity contribution is 9.11. The van der Waals surface area contributed by atoms with Crippen LogP contribution >= 0.6 is 38.9 Å². The van der Waals surface area contributed by atoms with Crippen molar-refractivity contribution in [1.82, 2.24) is 9.78 Å². The lowest BCUT2D eigenvalue weighted by atomic mass is 10.2. The monoisotopic (exact) mass is 334 g/mol. The van der Waals surface area contributed by atoms with Crippen molar-refractivity contribution in [3.63, 3.8) is 0 Å². The average Bonchev–Trinajstić information content (AvgIpc) is 2.80. The van der Waals surface area contributed by atoms with E-state index in [4.69, 9.17) is 16.7 Å². The normalized spacial score (nSPS) is 10.8. The zero-order valence-corrected chi connectivity index (χ0v) is 11.9. The Morgan fingerprint density at radius 2 is 2.41 bits per heavy atom. The molecule has 1 N–H and O–H groups in total. The maximum atomic E-state index is 11.4. The lowest BCUT2D eigenvalue weighted by Gasteiger charge is -1.93. The minimum Gasteiger partial charge on any atom is -0.388 e. The first-order chi connectivity index (χ1) is 8.02. The predicted octanol–water partition coefficient (Wildman–Crippen LogP) is 2.74. The van der Waals surface area contributed by atoms with Crippen molar-refractivity contribution in [2.45, 2.75) is 0 Å². The second-order valence-electron chi connectivity index (χ2n) is 3.38. The Morgan fingerprint density at radius 1 is 1.71 bits per heavy atom. The molecule has 0 aliphatic heterocycles. The van der Waals surface area contributed by atoms with Crippen molar-refractivity contribution in [3.05, 3.63) is 25.9 Å².